The number of phosphoric acid groups is 1. The van der Waals surface area contributed by atoms with E-state index in [2.05, 4.69) is 50.3 Å². The maximum absolute atomic E-state index is 12.7. The molecule has 8 nitrogen and oxygen atoms in total. The smallest absolute Gasteiger partial charge is 0.457 e. The Morgan fingerprint density at radius 1 is 0.544 bits per heavy atom. The summed E-state index contributed by atoms with van der Waals surface area (Å²) < 4.78 is 35.1. The third kappa shape index (κ3) is 45.7. The monoisotopic (exact) mass is 827 g/mol. The summed E-state index contributed by atoms with van der Waals surface area (Å²) >= 11 is 0. The van der Waals surface area contributed by atoms with Gasteiger partial charge in [-0.15, -0.1) is 0 Å². The average Bonchev–Trinajstić information content (AvgIpc) is 3.16. The van der Waals surface area contributed by atoms with Gasteiger partial charge in [0.05, 0.1) is 34.4 Å². The zero-order chi connectivity index (χ0) is 42.0. The fourth-order valence-electron chi connectivity index (χ4n) is 6.46. The van der Waals surface area contributed by atoms with E-state index in [9.17, 15) is 14.3 Å². The summed E-state index contributed by atoms with van der Waals surface area (Å²) in [6.45, 7) is 5.59. The van der Waals surface area contributed by atoms with E-state index in [-0.39, 0.29) is 25.8 Å². The molecule has 0 fully saturated rings. The van der Waals surface area contributed by atoms with Crippen molar-refractivity contribution in [3.8, 4) is 0 Å². The first-order chi connectivity index (χ1) is 27.6. The first-order valence-corrected chi connectivity index (χ1v) is 25.2. The molecule has 0 aromatic rings. The van der Waals surface area contributed by atoms with Gasteiger partial charge in [-0.3, -0.25) is 13.8 Å². The maximum Gasteiger partial charge on any atom is 0.472 e. The normalized spacial score (nSPS) is 14.0. The van der Waals surface area contributed by atoms with Crippen LogP contribution in [0.15, 0.2) is 36.5 Å². The first kappa shape index (κ1) is 55.7. The average molecular weight is 827 g/mol. The molecule has 0 rings (SSSR count). The van der Waals surface area contributed by atoms with E-state index in [0.29, 0.717) is 24.1 Å². The predicted octanol–water partition coefficient (Wildman–Crippen LogP) is 14.2. The SMILES string of the molecule is CCCCC/C=C\C/C=C\CCCCCCCCCCOCC(COP(=O)(O)OCC[N+](C)(C)C)OC(=O)CCCCCCCCC/C=C\CCCCCCCC. The molecular formula is C48H93NO7P+. The first-order valence-electron chi connectivity index (χ1n) is 23.7. The van der Waals surface area contributed by atoms with Crippen LogP contribution in [0.25, 0.3) is 0 Å². The van der Waals surface area contributed by atoms with Crippen LogP contribution in [0.1, 0.15) is 206 Å². The lowest BCUT2D eigenvalue weighted by molar-refractivity contribution is -0.870. The molecule has 1 N–H and O–H groups in total. The molecule has 0 aromatic heterocycles. The van der Waals surface area contributed by atoms with Crippen molar-refractivity contribution in [1.29, 1.82) is 0 Å². The van der Waals surface area contributed by atoms with Gasteiger partial charge < -0.3 is 18.9 Å². The maximum atomic E-state index is 12.7. The van der Waals surface area contributed by atoms with Crippen LogP contribution in [-0.4, -0.2) is 75.6 Å². The number of quaternary nitrogens is 1. The van der Waals surface area contributed by atoms with E-state index in [0.717, 1.165) is 38.5 Å². The highest BCUT2D eigenvalue weighted by Crippen LogP contribution is 2.43. The predicted molar refractivity (Wildman–Crippen MR) is 243 cm³/mol. The molecule has 336 valence electrons. The highest BCUT2D eigenvalue weighted by atomic mass is 31.2. The Balaban J connectivity index is 4.20. The number of phosphoric ester groups is 1. The van der Waals surface area contributed by atoms with Crippen LogP contribution in [0.2, 0.25) is 0 Å². The second kappa shape index (κ2) is 41.5. The van der Waals surface area contributed by atoms with Crippen LogP contribution in [0, 0.1) is 0 Å². The highest BCUT2D eigenvalue weighted by Gasteiger charge is 2.26. The minimum Gasteiger partial charge on any atom is -0.457 e. The van der Waals surface area contributed by atoms with Crippen LogP contribution < -0.4 is 0 Å². The molecule has 0 aliphatic rings. The van der Waals surface area contributed by atoms with Gasteiger partial charge in [0.2, 0.25) is 0 Å². The number of allylic oxidation sites excluding steroid dienone is 6. The molecule has 0 saturated heterocycles. The van der Waals surface area contributed by atoms with Gasteiger partial charge in [-0.05, 0) is 70.6 Å². The molecule has 0 amide bonds. The van der Waals surface area contributed by atoms with Crippen molar-refractivity contribution in [2.24, 2.45) is 0 Å². The van der Waals surface area contributed by atoms with E-state index in [4.69, 9.17) is 18.5 Å². The number of hydrogen-bond acceptors (Lipinski definition) is 6. The summed E-state index contributed by atoms with van der Waals surface area (Å²) in [5.74, 6) is -0.319. The molecule has 57 heavy (non-hydrogen) atoms. The van der Waals surface area contributed by atoms with E-state index in [1.54, 1.807) is 0 Å². The van der Waals surface area contributed by atoms with Gasteiger partial charge in [0.25, 0.3) is 0 Å². The standard InChI is InChI=1S/C48H92NO7P/c1-6-8-10-12-14-16-18-20-22-24-26-28-30-32-34-36-38-40-43-53-45-47(46-55-57(51,52)54-44-42-49(3,4)5)56-48(50)41-39-37-35-33-31-29-27-25-23-21-19-17-15-13-11-9-7-2/h14,16,20-23,47H,6-13,15,17-19,24-46H2,1-5H3/p+1/b16-14-,22-20-,23-21-. The van der Waals surface area contributed by atoms with Crippen LogP contribution in [0.4, 0.5) is 0 Å². The summed E-state index contributed by atoms with van der Waals surface area (Å²) in [5, 5.41) is 0. The van der Waals surface area contributed by atoms with Crippen LogP contribution in [-0.2, 0) is 27.9 Å². The van der Waals surface area contributed by atoms with Crippen molar-refractivity contribution in [3.63, 3.8) is 0 Å². The summed E-state index contributed by atoms with van der Waals surface area (Å²) in [5.41, 5.74) is 0. The summed E-state index contributed by atoms with van der Waals surface area (Å²) in [7, 11) is 1.66. The van der Waals surface area contributed by atoms with E-state index in [1.165, 1.54) is 148 Å². The van der Waals surface area contributed by atoms with Crippen LogP contribution in [0.5, 0.6) is 0 Å². The minimum absolute atomic E-state index is 0.0866. The van der Waals surface area contributed by atoms with Crippen molar-refractivity contribution in [2.45, 2.75) is 213 Å². The molecular weight excluding hydrogens is 734 g/mol. The Morgan fingerprint density at radius 2 is 0.965 bits per heavy atom. The van der Waals surface area contributed by atoms with Gasteiger partial charge in [-0.1, -0.05) is 166 Å². The molecule has 9 heteroatoms. The Bertz CT molecular complexity index is 1010. The molecule has 0 spiro atoms. The van der Waals surface area contributed by atoms with Crippen LogP contribution >= 0.6 is 7.82 Å². The largest absolute Gasteiger partial charge is 0.472 e. The summed E-state index contributed by atoms with van der Waals surface area (Å²) in [6, 6.07) is 0. The van der Waals surface area contributed by atoms with Crippen molar-refractivity contribution >= 4 is 13.8 Å². The number of carbonyl (C=O) groups is 1. The van der Waals surface area contributed by atoms with E-state index >= 15 is 0 Å². The lowest BCUT2D eigenvalue weighted by Gasteiger charge is -2.24. The number of unbranched alkanes of at least 4 members (excludes halogenated alkanes) is 24. The molecule has 0 aliphatic carbocycles. The highest BCUT2D eigenvalue weighted by molar-refractivity contribution is 7.47. The second-order valence-corrected chi connectivity index (χ2v) is 18.6. The number of ether oxygens (including phenoxy) is 2. The number of carbonyl (C=O) groups excluding carboxylic acids is 1. The molecule has 2 unspecified atom stereocenters. The van der Waals surface area contributed by atoms with Crippen LogP contribution in [0.3, 0.4) is 0 Å². The van der Waals surface area contributed by atoms with Gasteiger partial charge in [-0.2, -0.15) is 0 Å². The second-order valence-electron chi connectivity index (χ2n) is 17.1. The third-order valence-corrected chi connectivity index (χ3v) is 11.2. The zero-order valence-corrected chi connectivity index (χ0v) is 39.0. The Hall–Kier alpha value is -1.28. The molecule has 0 radical (unpaired) electrons. The number of nitrogens with zero attached hydrogens (tertiary/aromatic N) is 1. The van der Waals surface area contributed by atoms with Crippen molar-refractivity contribution in [2.75, 3.05) is 54.1 Å². The Kier molecular flexibility index (Phi) is 40.5. The topological polar surface area (TPSA) is 91.3 Å². The fraction of sp³-hybridized carbons (Fsp3) is 0.854. The van der Waals surface area contributed by atoms with E-state index in [1.807, 2.05) is 21.1 Å². The van der Waals surface area contributed by atoms with Gasteiger partial charge in [-0.25, -0.2) is 4.57 Å². The number of likely N-dealkylation sites (N-methyl/N-ethyl adjacent to an activating group) is 1. The van der Waals surface area contributed by atoms with Crippen molar-refractivity contribution in [1.82, 2.24) is 0 Å². The molecule has 0 saturated carbocycles. The van der Waals surface area contributed by atoms with Gasteiger partial charge in [0.15, 0.2) is 0 Å². The van der Waals surface area contributed by atoms with Gasteiger partial charge in [0.1, 0.15) is 19.3 Å². The number of rotatable bonds is 44. The molecule has 0 aromatic carbocycles. The number of hydrogen-bond donors (Lipinski definition) is 1. The summed E-state index contributed by atoms with van der Waals surface area (Å²) in [4.78, 5) is 22.9. The van der Waals surface area contributed by atoms with Crippen molar-refractivity contribution < 1.29 is 37.3 Å². The van der Waals surface area contributed by atoms with Gasteiger partial charge in [0, 0.05) is 13.0 Å². The fourth-order valence-corrected chi connectivity index (χ4v) is 7.20. The molecule has 0 bridgehead atoms. The summed E-state index contributed by atoms with van der Waals surface area (Å²) in [6.07, 6.45) is 48.9. The van der Waals surface area contributed by atoms with Gasteiger partial charge >= 0.3 is 13.8 Å². The Morgan fingerprint density at radius 3 is 1.47 bits per heavy atom. The minimum atomic E-state index is -4.28. The quantitative estimate of drug-likeness (QED) is 0.0215. The third-order valence-electron chi connectivity index (χ3n) is 10.2. The van der Waals surface area contributed by atoms with E-state index < -0.39 is 13.9 Å². The number of esters is 1. The molecule has 0 aliphatic heterocycles. The van der Waals surface area contributed by atoms with Crippen molar-refractivity contribution in [3.05, 3.63) is 36.5 Å². The lowest BCUT2D eigenvalue weighted by atomic mass is 10.1. The zero-order valence-electron chi connectivity index (χ0n) is 38.1. The Labute approximate surface area is 353 Å². The molecule has 0 heterocycles. The lowest BCUT2D eigenvalue weighted by Crippen LogP contribution is -2.37. The molecule has 2 atom stereocenters.